The first-order valence-electron chi connectivity index (χ1n) is 7.50. The Morgan fingerprint density at radius 1 is 1.12 bits per heavy atom. The van der Waals surface area contributed by atoms with Gasteiger partial charge in [0.05, 0.1) is 12.1 Å². The lowest BCUT2D eigenvalue weighted by Crippen LogP contribution is -2.32. The van der Waals surface area contributed by atoms with Crippen LogP contribution in [0.4, 0.5) is 0 Å². The molecule has 2 aromatic carbocycles. The van der Waals surface area contributed by atoms with Gasteiger partial charge in [0, 0.05) is 18.0 Å². The third-order valence-corrected chi connectivity index (χ3v) is 3.85. The number of aromatic nitrogens is 1. The number of halogens is 1. The number of carbonyl (C=O) groups is 1. The highest BCUT2D eigenvalue weighted by molar-refractivity contribution is 5.85. The molecule has 1 atom stereocenters. The molecule has 1 aromatic heterocycles. The second-order valence-electron chi connectivity index (χ2n) is 5.51. The smallest absolute Gasteiger partial charge is 0.320 e. The van der Waals surface area contributed by atoms with Gasteiger partial charge in [-0.2, -0.15) is 0 Å². The molecule has 3 aromatic rings. The maximum Gasteiger partial charge on any atom is 0.320 e. The number of carboxylic acid groups (broad SMARTS) is 1. The van der Waals surface area contributed by atoms with E-state index in [-0.39, 0.29) is 12.4 Å². The van der Waals surface area contributed by atoms with Crippen LogP contribution in [0.25, 0.3) is 10.9 Å². The number of fused-ring (bicyclic) bond motifs is 1. The van der Waals surface area contributed by atoms with Gasteiger partial charge in [-0.15, -0.1) is 12.4 Å². The van der Waals surface area contributed by atoms with Gasteiger partial charge in [-0.25, -0.2) is 0 Å². The van der Waals surface area contributed by atoms with Crippen molar-refractivity contribution in [3.05, 3.63) is 71.9 Å². The van der Waals surface area contributed by atoms with Crippen molar-refractivity contribution in [1.29, 1.82) is 0 Å². The molecule has 0 amide bonds. The first kappa shape index (κ1) is 17.8. The summed E-state index contributed by atoms with van der Waals surface area (Å²) in [7, 11) is 0. The lowest BCUT2D eigenvalue weighted by Gasteiger charge is -2.09. The molecule has 0 fully saturated rings. The van der Waals surface area contributed by atoms with E-state index in [4.69, 9.17) is 10.8 Å². The van der Waals surface area contributed by atoms with Gasteiger partial charge in [0.15, 0.2) is 0 Å². The molecule has 3 rings (SSSR count). The van der Waals surface area contributed by atoms with Crippen molar-refractivity contribution >= 4 is 29.3 Å². The van der Waals surface area contributed by atoms with Crippen molar-refractivity contribution < 1.29 is 9.90 Å². The molecule has 4 N–H and O–H groups in total. The normalized spacial score (nSPS) is 11.7. The molecule has 0 bridgehead atoms. The minimum atomic E-state index is -0.987. The number of benzene rings is 2. The van der Waals surface area contributed by atoms with E-state index in [0.717, 1.165) is 16.5 Å². The van der Waals surface area contributed by atoms with E-state index in [9.17, 15) is 4.79 Å². The minimum absolute atomic E-state index is 0. The lowest BCUT2D eigenvalue weighted by atomic mass is 10.1. The highest BCUT2D eigenvalue weighted by Crippen LogP contribution is 2.21. The quantitative estimate of drug-likeness (QED) is 0.641. The molecule has 24 heavy (non-hydrogen) atoms. The summed E-state index contributed by atoms with van der Waals surface area (Å²) in [5.74, 6) is -0.987. The summed E-state index contributed by atoms with van der Waals surface area (Å²) >= 11 is 0. The summed E-state index contributed by atoms with van der Waals surface area (Å²) < 4.78 is 1.94. The number of hydrogen-bond donors (Lipinski definition) is 3. The van der Waals surface area contributed by atoms with Gasteiger partial charge in [0.2, 0.25) is 0 Å². The van der Waals surface area contributed by atoms with Crippen LogP contribution >= 0.6 is 12.4 Å². The molecular formula is C18H20ClN3O2. The van der Waals surface area contributed by atoms with E-state index in [0.29, 0.717) is 13.0 Å². The van der Waals surface area contributed by atoms with Crippen LogP contribution < -0.4 is 11.2 Å². The molecule has 0 unspecified atom stereocenters. The van der Waals surface area contributed by atoms with E-state index in [2.05, 4.69) is 17.6 Å². The molecule has 0 aliphatic heterocycles. The molecular weight excluding hydrogens is 326 g/mol. The molecule has 0 aliphatic rings. The molecule has 126 valence electrons. The average molecular weight is 346 g/mol. The lowest BCUT2D eigenvalue weighted by molar-refractivity contribution is -0.138. The first-order chi connectivity index (χ1) is 11.1. The molecule has 5 nitrogen and oxygen atoms in total. The average Bonchev–Trinajstić information content (AvgIpc) is 2.92. The fourth-order valence-corrected chi connectivity index (χ4v) is 2.64. The Labute approximate surface area is 146 Å². The van der Waals surface area contributed by atoms with Gasteiger partial charge in [-0.3, -0.25) is 9.47 Å². The number of para-hydroxylation sites is 1. The van der Waals surface area contributed by atoms with E-state index in [1.807, 2.05) is 53.3 Å². The number of hydrogen-bond acceptors (Lipinski definition) is 3. The fourth-order valence-electron chi connectivity index (χ4n) is 2.64. The van der Waals surface area contributed by atoms with Gasteiger partial charge in [-0.05, 0) is 17.2 Å². The van der Waals surface area contributed by atoms with Crippen LogP contribution in [0.2, 0.25) is 0 Å². The Kier molecular flexibility index (Phi) is 5.84. The SMILES string of the molecule is Cl.N[C@@H](Cc1cn(NCc2ccccc2)c2ccccc12)C(=O)O. The van der Waals surface area contributed by atoms with E-state index >= 15 is 0 Å². The second-order valence-corrected chi connectivity index (χ2v) is 5.51. The van der Waals surface area contributed by atoms with Crippen molar-refractivity contribution in [1.82, 2.24) is 4.68 Å². The maximum absolute atomic E-state index is 11.0. The summed E-state index contributed by atoms with van der Waals surface area (Å²) in [5.41, 5.74) is 12.2. The van der Waals surface area contributed by atoms with E-state index in [1.165, 1.54) is 5.56 Å². The van der Waals surface area contributed by atoms with Gasteiger partial charge in [0.25, 0.3) is 0 Å². The Bertz CT molecular complexity index is 818. The summed E-state index contributed by atoms with van der Waals surface area (Å²) in [6, 6.07) is 17.1. The van der Waals surface area contributed by atoms with Crippen molar-refractivity contribution in [2.24, 2.45) is 5.73 Å². The van der Waals surface area contributed by atoms with Gasteiger partial charge in [0.1, 0.15) is 6.04 Å². The zero-order chi connectivity index (χ0) is 16.2. The third kappa shape index (κ3) is 3.88. The second kappa shape index (κ2) is 7.86. The zero-order valence-electron chi connectivity index (χ0n) is 13.1. The fraction of sp³-hybridized carbons (Fsp3) is 0.167. The van der Waals surface area contributed by atoms with Crippen LogP contribution in [0.3, 0.4) is 0 Å². The van der Waals surface area contributed by atoms with Crippen LogP contribution in [0, 0.1) is 0 Å². The van der Waals surface area contributed by atoms with Crippen LogP contribution in [-0.2, 0) is 17.8 Å². The molecule has 0 saturated heterocycles. The topological polar surface area (TPSA) is 80.3 Å². The summed E-state index contributed by atoms with van der Waals surface area (Å²) in [4.78, 5) is 11.0. The number of aliphatic carboxylic acids is 1. The number of nitrogens with two attached hydrogens (primary N) is 1. The molecule has 6 heteroatoms. The van der Waals surface area contributed by atoms with Crippen molar-refractivity contribution in [2.45, 2.75) is 19.0 Å². The van der Waals surface area contributed by atoms with Crippen LogP contribution in [0.15, 0.2) is 60.8 Å². The standard InChI is InChI=1S/C18H19N3O2.ClH/c19-16(18(22)23)10-14-12-21(17-9-5-4-8-15(14)17)20-11-13-6-2-1-3-7-13;/h1-9,12,16,20H,10-11,19H2,(H,22,23);1H/t16-;/m0./s1. The largest absolute Gasteiger partial charge is 0.480 e. The van der Waals surface area contributed by atoms with Crippen molar-refractivity contribution in [3.8, 4) is 0 Å². The molecule has 1 heterocycles. The number of carboxylic acids is 1. The predicted molar refractivity (Wildman–Crippen MR) is 98.0 cm³/mol. The van der Waals surface area contributed by atoms with Gasteiger partial charge in [-0.1, -0.05) is 48.5 Å². The van der Waals surface area contributed by atoms with Gasteiger partial charge < -0.3 is 16.3 Å². The van der Waals surface area contributed by atoms with Crippen LogP contribution in [0.5, 0.6) is 0 Å². The Morgan fingerprint density at radius 2 is 1.79 bits per heavy atom. The molecule has 0 radical (unpaired) electrons. The summed E-state index contributed by atoms with van der Waals surface area (Å²) in [6.07, 6.45) is 2.23. The number of rotatable bonds is 6. The highest BCUT2D eigenvalue weighted by Gasteiger charge is 2.16. The summed E-state index contributed by atoms with van der Waals surface area (Å²) in [5, 5.41) is 10.0. The van der Waals surface area contributed by atoms with E-state index in [1.54, 1.807) is 0 Å². The van der Waals surface area contributed by atoms with Crippen molar-refractivity contribution in [3.63, 3.8) is 0 Å². The zero-order valence-corrected chi connectivity index (χ0v) is 13.9. The maximum atomic E-state index is 11.0. The Morgan fingerprint density at radius 3 is 2.50 bits per heavy atom. The summed E-state index contributed by atoms with van der Waals surface area (Å²) in [6.45, 7) is 0.684. The molecule has 0 spiro atoms. The highest BCUT2D eigenvalue weighted by atomic mass is 35.5. The number of nitrogens with zero attached hydrogens (tertiary/aromatic N) is 1. The third-order valence-electron chi connectivity index (χ3n) is 3.85. The number of nitrogens with one attached hydrogen (secondary N) is 1. The Balaban J connectivity index is 0.00000208. The van der Waals surface area contributed by atoms with Crippen LogP contribution in [-0.4, -0.2) is 21.8 Å². The monoisotopic (exact) mass is 345 g/mol. The Hall–Kier alpha value is -2.50. The minimum Gasteiger partial charge on any atom is -0.480 e. The molecule has 0 saturated carbocycles. The van der Waals surface area contributed by atoms with Gasteiger partial charge >= 0.3 is 5.97 Å². The van der Waals surface area contributed by atoms with Crippen molar-refractivity contribution in [2.75, 3.05) is 5.43 Å². The van der Waals surface area contributed by atoms with E-state index < -0.39 is 12.0 Å². The predicted octanol–water partition coefficient (Wildman–Crippen LogP) is 2.76. The molecule has 0 aliphatic carbocycles. The first-order valence-corrected chi connectivity index (χ1v) is 7.50. The van der Waals surface area contributed by atoms with Crippen LogP contribution in [0.1, 0.15) is 11.1 Å².